The van der Waals surface area contributed by atoms with Crippen LogP contribution in [0.2, 0.25) is 10.0 Å². The Morgan fingerprint density at radius 1 is 1.00 bits per heavy atom. The van der Waals surface area contributed by atoms with E-state index in [1.54, 1.807) is 19.2 Å². The van der Waals surface area contributed by atoms with Gasteiger partial charge in [0.05, 0.1) is 10.7 Å². The first-order chi connectivity index (χ1) is 13.1. The van der Waals surface area contributed by atoms with Gasteiger partial charge in [0.2, 0.25) is 0 Å². The van der Waals surface area contributed by atoms with Crippen molar-refractivity contribution in [2.24, 2.45) is 0 Å². The van der Waals surface area contributed by atoms with Crippen LogP contribution in [0.15, 0.2) is 60.7 Å². The number of nitrogens with one attached hydrogen (secondary N) is 1. The molecule has 0 aliphatic carbocycles. The highest BCUT2D eigenvalue weighted by Gasteiger charge is 2.13. The first kappa shape index (κ1) is 20.1. The van der Waals surface area contributed by atoms with Gasteiger partial charge in [-0.2, -0.15) is 0 Å². The van der Waals surface area contributed by atoms with Crippen molar-refractivity contribution in [1.82, 2.24) is 0 Å². The fourth-order valence-electron chi connectivity index (χ4n) is 2.56. The Bertz CT molecular complexity index is 920. The standard InChI is InChI=1S/C21H18Cl2INO2/c1-26-20-10-14(12-25-17-5-3-2-4-6-17)9-19(24)21(20)27-13-15-7-8-16(22)11-18(15)23/h2-11,25H,12-13H2,1H3. The molecule has 0 amide bonds. The summed E-state index contributed by atoms with van der Waals surface area (Å²) in [6.07, 6.45) is 0. The van der Waals surface area contributed by atoms with Crippen molar-refractivity contribution in [2.45, 2.75) is 13.2 Å². The van der Waals surface area contributed by atoms with Crippen LogP contribution in [0.25, 0.3) is 0 Å². The number of hydrogen-bond acceptors (Lipinski definition) is 3. The smallest absolute Gasteiger partial charge is 0.174 e. The van der Waals surface area contributed by atoms with Gasteiger partial charge in [0, 0.05) is 27.8 Å². The topological polar surface area (TPSA) is 30.5 Å². The molecule has 0 fully saturated rings. The molecule has 3 rings (SSSR count). The minimum absolute atomic E-state index is 0.337. The molecule has 0 aliphatic heterocycles. The molecule has 3 nitrogen and oxygen atoms in total. The van der Waals surface area contributed by atoms with Gasteiger partial charge in [0.25, 0.3) is 0 Å². The first-order valence-electron chi connectivity index (χ1n) is 8.29. The largest absolute Gasteiger partial charge is 0.493 e. The van der Waals surface area contributed by atoms with Crippen LogP contribution in [-0.4, -0.2) is 7.11 Å². The second-order valence-electron chi connectivity index (χ2n) is 5.85. The summed E-state index contributed by atoms with van der Waals surface area (Å²) < 4.78 is 12.5. The highest BCUT2D eigenvalue weighted by atomic mass is 127. The van der Waals surface area contributed by atoms with E-state index in [0.29, 0.717) is 34.7 Å². The molecular formula is C21H18Cl2INO2. The molecule has 3 aromatic rings. The van der Waals surface area contributed by atoms with Crippen molar-refractivity contribution in [3.05, 3.63) is 85.4 Å². The lowest BCUT2D eigenvalue weighted by Gasteiger charge is -2.15. The molecule has 0 heterocycles. The molecule has 0 aliphatic rings. The molecule has 0 radical (unpaired) electrons. The number of methoxy groups -OCH3 is 1. The molecule has 0 saturated carbocycles. The average Bonchev–Trinajstić information content (AvgIpc) is 2.67. The normalized spacial score (nSPS) is 10.5. The summed E-state index contributed by atoms with van der Waals surface area (Å²) in [6.45, 7) is 1.03. The molecule has 0 atom stereocenters. The lowest BCUT2D eigenvalue weighted by molar-refractivity contribution is 0.282. The molecule has 0 unspecified atom stereocenters. The van der Waals surface area contributed by atoms with E-state index in [1.807, 2.05) is 42.5 Å². The van der Waals surface area contributed by atoms with Crippen LogP contribution in [0.4, 0.5) is 5.69 Å². The molecule has 0 aromatic heterocycles. The lowest BCUT2D eigenvalue weighted by Crippen LogP contribution is -2.04. The summed E-state index contributed by atoms with van der Waals surface area (Å²) >= 11 is 14.4. The van der Waals surface area contributed by atoms with E-state index in [0.717, 1.165) is 20.4 Å². The number of rotatable bonds is 7. The Hall–Kier alpha value is -1.63. The molecule has 6 heteroatoms. The minimum atomic E-state index is 0.337. The van der Waals surface area contributed by atoms with E-state index >= 15 is 0 Å². The summed E-state index contributed by atoms with van der Waals surface area (Å²) in [7, 11) is 1.64. The fourth-order valence-corrected chi connectivity index (χ4v) is 3.85. The van der Waals surface area contributed by atoms with Crippen LogP contribution in [-0.2, 0) is 13.2 Å². The van der Waals surface area contributed by atoms with Gasteiger partial charge in [-0.05, 0) is 64.6 Å². The maximum absolute atomic E-state index is 6.23. The zero-order valence-corrected chi connectivity index (χ0v) is 18.3. The second-order valence-corrected chi connectivity index (χ2v) is 7.86. The van der Waals surface area contributed by atoms with E-state index in [1.165, 1.54) is 0 Å². The maximum Gasteiger partial charge on any atom is 0.174 e. The quantitative estimate of drug-likeness (QED) is 0.352. The van der Waals surface area contributed by atoms with Gasteiger partial charge in [-0.25, -0.2) is 0 Å². The maximum atomic E-state index is 6.23. The Morgan fingerprint density at radius 2 is 1.78 bits per heavy atom. The van der Waals surface area contributed by atoms with Crippen molar-refractivity contribution in [3.63, 3.8) is 0 Å². The van der Waals surface area contributed by atoms with Crippen molar-refractivity contribution in [1.29, 1.82) is 0 Å². The van der Waals surface area contributed by atoms with Crippen LogP contribution < -0.4 is 14.8 Å². The highest BCUT2D eigenvalue weighted by Crippen LogP contribution is 2.35. The van der Waals surface area contributed by atoms with Gasteiger partial charge < -0.3 is 14.8 Å². The molecule has 0 spiro atoms. The summed E-state index contributed by atoms with van der Waals surface area (Å²) in [5.74, 6) is 1.39. The fraction of sp³-hybridized carbons (Fsp3) is 0.143. The molecule has 1 N–H and O–H groups in total. The third kappa shape index (κ3) is 5.43. The second kappa shape index (κ2) is 9.53. The Morgan fingerprint density at radius 3 is 2.48 bits per heavy atom. The van der Waals surface area contributed by atoms with Crippen LogP contribution in [0.1, 0.15) is 11.1 Å². The Labute approximate surface area is 182 Å². The van der Waals surface area contributed by atoms with Crippen molar-refractivity contribution < 1.29 is 9.47 Å². The zero-order valence-electron chi connectivity index (χ0n) is 14.6. The number of ether oxygens (including phenoxy) is 2. The molecule has 3 aromatic carbocycles. The molecular weight excluding hydrogens is 496 g/mol. The van der Waals surface area contributed by atoms with Crippen molar-refractivity contribution in [2.75, 3.05) is 12.4 Å². The lowest BCUT2D eigenvalue weighted by atomic mass is 10.2. The van der Waals surface area contributed by atoms with Crippen LogP contribution in [0.3, 0.4) is 0 Å². The van der Waals surface area contributed by atoms with Gasteiger partial charge in [-0.1, -0.05) is 47.5 Å². The van der Waals surface area contributed by atoms with Crippen LogP contribution in [0.5, 0.6) is 11.5 Å². The number of para-hydroxylation sites is 1. The number of benzene rings is 3. The Kier molecular flexibility index (Phi) is 7.10. The van der Waals surface area contributed by atoms with E-state index < -0.39 is 0 Å². The van der Waals surface area contributed by atoms with E-state index in [2.05, 4.69) is 34.0 Å². The predicted molar refractivity (Wildman–Crippen MR) is 120 cm³/mol. The Balaban J connectivity index is 1.73. The number of halogens is 3. The van der Waals surface area contributed by atoms with E-state index in [9.17, 15) is 0 Å². The van der Waals surface area contributed by atoms with E-state index in [-0.39, 0.29) is 0 Å². The van der Waals surface area contributed by atoms with Gasteiger partial charge in [-0.3, -0.25) is 0 Å². The summed E-state index contributed by atoms with van der Waals surface area (Å²) in [5.41, 5.74) is 3.05. The molecule has 0 saturated heterocycles. The summed E-state index contributed by atoms with van der Waals surface area (Å²) in [6, 6.07) is 19.5. The SMILES string of the molecule is COc1cc(CNc2ccccc2)cc(I)c1OCc1ccc(Cl)cc1Cl. The predicted octanol–water partition coefficient (Wildman–Crippen LogP) is 6.80. The molecule has 27 heavy (non-hydrogen) atoms. The number of hydrogen-bond donors (Lipinski definition) is 1. The average molecular weight is 514 g/mol. The van der Waals surface area contributed by atoms with Crippen molar-refractivity contribution >= 4 is 51.5 Å². The monoisotopic (exact) mass is 513 g/mol. The molecule has 0 bridgehead atoms. The number of anilines is 1. The summed E-state index contributed by atoms with van der Waals surface area (Å²) in [5, 5.41) is 4.59. The third-order valence-corrected chi connectivity index (χ3v) is 5.34. The van der Waals surface area contributed by atoms with Gasteiger partial charge in [0.1, 0.15) is 6.61 Å². The van der Waals surface area contributed by atoms with E-state index in [4.69, 9.17) is 32.7 Å². The highest BCUT2D eigenvalue weighted by molar-refractivity contribution is 14.1. The summed E-state index contributed by atoms with van der Waals surface area (Å²) in [4.78, 5) is 0. The molecule has 140 valence electrons. The zero-order chi connectivity index (χ0) is 19.2. The third-order valence-electron chi connectivity index (χ3n) is 3.95. The van der Waals surface area contributed by atoms with Crippen LogP contribution >= 0.6 is 45.8 Å². The van der Waals surface area contributed by atoms with Gasteiger partial charge in [0.15, 0.2) is 11.5 Å². The first-order valence-corrected chi connectivity index (χ1v) is 10.1. The van der Waals surface area contributed by atoms with Crippen LogP contribution in [0, 0.1) is 3.57 Å². The van der Waals surface area contributed by atoms with Crippen molar-refractivity contribution in [3.8, 4) is 11.5 Å². The minimum Gasteiger partial charge on any atom is -0.493 e. The van der Waals surface area contributed by atoms with Gasteiger partial charge >= 0.3 is 0 Å². The van der Waals surface area contributed by atoms with Gasteiger partial charge in [-0.15, -0.1) is 0 Å².